The molecule has 1 saturated heterocycles. The number of thiazole rings is 1. The Morgan fingerprint density at radius 1 is 1.25 bits per heavy atom. The molecule has 3 rings (SSSR count). The summed E-state index contributed by atoms with van der Waals surface area (Å²) in [5.41, 5.74) is 1.17. The Kier molecular flexibility index (Phi) is 4.89. The first-order valence-corrected chi connectivity index (χ1v) is 8.55. The van der Waals surface area contributed by atoms with Gasteiger partial charge in [0.1, 0.15) is 16.5 Å². The van der Waals surface area contributed by atoms with Gasteiger partial charge >= 0.3 is 5.97 Å². The minimum Gasteiger partial charge on any atom is -0.469 e. The first-order chi connectivity index (χ1) is 11.6. The van der Waals surface area contributed by atoms with Crippen molar-refractivity contribution in [3.05, 3.63) is 41.2 Å². The summed E-state index contributed by atoms with van der Waals surface area (Å²) in [6.07, 6.45) is 1.21. The van der Waals surface area contributed by atoms with Crippen LogP contribution in [0.4, 0.5) is 4.39 Å². The number of methoxy groups -OCH3 is 1. The summed E-state index contributed by atoms with van der Waals surface area (Å²) in [7, 11) is 1.38. The normalized spacial score (nSPS) is 15.3. The summed E-state index contributed by atoms with van der Waals surface area (Å²) < 4.78 is 17.7. The fourth-order valence-corrected chi connectivity index (χ4v) is 3.54. The van der Waals surface area contributed by atoms with Crippen molar-refractivity contribution in [2.24, 2.45) is 5.92 Å². The maximum absolute atomic E-state index is 13.0. The van der Waals surface area contributed by atoms with Crippen molar-refractivity contribution >= 4 is 23.2 Å². The number of hydrogen-bond donors (Lipinski definition) is 0. The molecule has 5 nitrogen and oxygen atoms in total. The largest absolute Gasteiger partial charge is 0.469 e. The van der Waals surface area contributed by atoms with E-state index < -0.39 is 0 Å². The standard InChI is InChI=1S/C17H17FN2O3S/c1-23-17(22)12-6-8-20(9-7-12)16(21)14-10-24-15(19-14)11-2-4-13(18)5-3-11/h2-5,10,12H,6-9H2,1H3. The highest BCUT2D eigenvalue weighted by Gasteiger charge is 2.29. The molecule has 0 N–H and O–H groups in total. The van der Waals surface area contributed by atoms with Gasteiger partial charge in [-0.15, -0.1) is 11.3 Å². The summed E-state index contributed by atoms with van der Waals surface area (Å²) in [4.78, 5) is 30.2. The number of carbonyl (C=O) groups excluding carboxylic acids is 2. The zero-order chi connectivity index (χ0) is 17.1. The highest BCUT2D eigenvalue weighted by molar-refractivity contribution is 7.13. The van der Waals surface area contributed by atoms with Crippen molar-refractivity contribution in [2.45, 2.75) is 12.8 Å². The molecule has 0 radical (unpaired) electrons. The first kappa shape index (κ1) is 16.6. The Labute approximate surface area is 143 Å². The molecule has 24 heavy (non-hydrogen) atoms. The summed E-state index contributed by atoms with van der Waals surface area (Å²) in [6, 6.07) is 6.03. The van der Waals surface area contributed by atoms with Crippen molar-refractivity contribution in [2.75, 3.05) is 20.2 Å². The minimum absolute atomic E-state index is 0.135. The molecule has 1 aromatic carbocycles. The van der Waals surface area contributed by atoms with E-state index in [0.717, 1.165) is 5.56 Å². The minimum atomic E-state index is -0.305. The van der Waals surface area contributed by atoms with Crippen LogP contribution >= 0.6 is 11.3 Å². The monoisotopic (exact) mass is 348 g/mol. The molecule has 2 aromatic rings. The zero-order valence-corrected chi connectivity index (χ0v) is 14.0. The Hall–Kier alpha value is -2.28. The first-order valence-electron chi connectivity index (χ1n) is 7.67. The van der Waals surface area contributed by atoms with Crippen LogP contribution in [0.3, 0.4) is 0 Å². The van der Waals surface area contributed by atoms with Crippen LogP contribution in [-0.2, 0) is 9.53 Å². The number of nitrogens with zero attached hydrogens (tertiary/aromatic N) is 2. The lowest BCUT2D eigenvalue weighted by Crippen LogP contribution is -2.40. The van der Waals surface area contributed by atoms with Crippen LogP contribution in [0, 0.1) is 11.7 Å². The van der Waals surface area contributed by atoms with E-state index in [2.05, 4.69) is 4.98 Å². The van der Waals surface area contributed by atoms with Crippen molar-refractivity contribution in [1.82, 2.24) is 9.88 Å². The summed E-state index contributed by atoms with van der Waals surface area (Å²) in [5.74, 6) is -0.790. The van der Waals surface area contributed by atoms with E-state index in [1.807, 2.05) is 0 Å². The number of piperidine rings is 1. The molecule has 126 valence electrons. The molecule has 1 aliphatic heterocycles. The average Bonchev–Trinajstić information content (AvgIpc) is 3.11. The number of rotatable bonds is 3. The van der Waals surface area contributed by atoms with Crippen LogP contribution in [-0.4, -0.2) is 42.0 Å². The lowest BCUT2D eigenvalue weighted by molar-refractivity contribution is -0.146. The molecular formula is C17H17FN2O3S. The van der Waals surface area contributed by atoms with Crippen molar-refractivity contribution < 1.29 is 18.7 Å². The van der Waals surface area contributed by atoms with E-state index >= 15 is 0 Å². The molecule has 1 aromatic heterocycles. The van der Waals surface area contributed by atoms with E-state index in [9.17, 15) is 14.0 Å². The summed E-state index contributed by atoms with van der Waals surface area (Å²) in [5, 5.41) is 2.40. The molecule has 0 aliphatic carbocycles. The van der Waals surface area contributed by atoms with Gasteiger partial charge in [-0.3, -0.25) is 9.59 Å². The fourth-order valence-electron chi connectivity index (χ4n) is 2.74. The number of esters is 1. The van der Waals surface area contributed by atoms with Gasteiger partial charge in [0.05, 0.1) is 13.0 Å². The van der Waals surface area contributed by atoms with Gasteiger partial charge in [0.15, 0.2) is 0 Å². The third kappa shape index (κ3) is 3.46. The number of aromatic nitrogens is 1. The zero-order valence-electron chi connectivity index (χ0n) is 13.2. The lowest BCUT2D eigenvalue weighted by Gasteiger charge is -2.30. The van der Waals surface area contributed by atoms with Gasteiger partial charge < -0.3 is 9.64 Å². The average molecular weight is 348 g/mol. The van der Waals surface area contributed by atoms with Crippen LogP contribution in [0.15, 0.2) is 29.6 Å². The van der Waals surface area contributed by atoms with Gasteiger partial charge in [-0.1, -0.05) is 0 Å². The van der Waals surface area contributed by atoms with E-state index in [1.165, 1.54) is 30.6 Å². The van der Waals surface area contributed by atoms with Crippen LogP contribution in [0.25, 0.3) is 10.6 Å². The highest BCUT2D eigenvalue weighted by Crippen LogP contribution is 2.26. The molecule has 1 amide bonds. The van der Waals surface area contributed by atoms with Gasteiger partial charge in [-0.2, -0.15) is 0 Å². The molecule has 2 heterocycles. The Balaban J connectivity index is 1.66. The molecule has 0 bridgehead atoms. The van der Waals surface area contributed by atoms with Crippen molar-refractivity contribution in [1.29, 1.82) is 0 Å². The molecule has 0 atom stereocenters. The Morgan fingerprint density at radius 2 is 1.92 bits per heavy atom. The Bertz CT molecular complexity index is 737. The number of hydrogen-bond acceptors (Lipinski definition) is 5. The van der Waals surface area contributed by atoms with Gasteiger partial charge in [0.25, 0.3) is 5.91 Å². The van der Waals surface area contributed by atoms with Gasteiger partial charge in [-0.05, 0) is 37.1 Å². The second-order valence-corrected chi connectivity index (χ2v) is 6.49. The van der Waals surface area contributed by atoms with E-state index in [0.29, 0.717) is 36.6 Å². The van der Waals surface area contributed by atoms with Crippen LogP contribution < -0.4 is 0 Å². The molecule has 1 aliphatic rings. The van der Waals surface area contributed by atoms with Crippen LogP contribution in [0.1, 0.15) is 23.3 Å². The topological polar surface area (TPSA) is 59.5 Å². The van der Waals surface area contributed by atoms with Gasteiger partial charge in [0.2, 0.25) is 0 Å². The molecule has 7 heteroatoms. The number of ether oxygens (including phenoxy) is 1. The molecule has 0 spiro atoms. The number of likely N-dealkylation sites (tertiary alicyclic amines) is 1. The number of carbonyl (C=O) groups is 2. The highest BCUT2D eigenvalue weighted by atomic mass is 32.1. The molecule has 0 unspecified atom stereocenters. The van der Waals surface area contributed by atoms with E-state index in [-0.39, 0.29) is 23.6 Å². The SMILES string of the molecule is COC(=O)C1CCN(C(=O)c2csc(-c3ccc(F)cc3)n2)CC1. The van der Waals surface area contributed by atoms with Crippen LogP contribution in [0.5, 0.6) is 0 Å². The van der Waals surface area contributed by atoms with Crippen LogP contribution in [0.2, 0.25) is 0 Å². The number of amides is 1. The predicted octanol–water partition coefficient (Wildman–Crippen LogP) is 2.97. The second-order valence-electron chi connectivity index (χ2n) is 5.63. The van der Waals surface area contributed by atoms with E-state index in [1.54, 1.807) is 22.4 Å². The number of benzene rings is 1. The predicted molar refractivity (Wildman–Crippen MR) is 88.2 cm³/mol. The lowest BCUT2D eigenvalue weighted by atomic mass is 9.97. The van der Waals surface area contributed by atoms with E-state index in [4.69, 9.17) is 4.74 Å². The summed E-state index contributed by atoms with van der Waals surface area (Å²) >= 11 is 1.35. The second kappa shape index (κ2) is 7.09. The van der Waals surface area contributed by atoms with Gasteiger partial charge in [-0.25, -0.2) is 9.37 Å². The third-order valence-corrected chi connectivity index (χ3v) is 5.02. The smallest absolute Gasteiger partial charge is 0.308 e. The molecular weight excluding hydrogens is 331 g/mol. The van der Waals surface area contributed by atoms with Crippen molar-refractivity contribution in [3.8, 4) is 10.6 Å². The summed E-state index contributed by atoms with van der Waals surface area (Å²) in [6.45, 7) is 1.03. The third-order valence-electron chi connectivity index (χ3n) is 4.13. The van der Waals surface area contributed by atoms with Crippen molar-refractivity contribution in [3.63, 3.8) is 0 Å². The fraction of sp³-hybridized carbons (Fsp3) is 0.353. The Morgan fingerprint density at radius 3 is 2.54 bits per heavy atom. The molecule has 0 saturated carbocycles. The maximum Gasteiger partial charge on any atom is 0.308 e. The number of halogens is 1. The van der Waals surface area contributed by atoms with Gasteiger partial charge in [0, 0.05) is 24.0 Å². The quantitative estimate of drug-likeness (QED) is 0.800. The molecule has 1 fully saturated rings. The maximum atomic E-state index is 13.0.